The van der Waals surface area contributed by atoms with Gasteiger partial charge in [0.15, 0.2) is 5.82 Å². The Labute approximate surface area is 120 Å². The molecule has 0 atom stereocenters. The third kappa shape index (κ3) is 1.65. The van der Waals surface area contributed by atoms with Crippen LogP contribution in [0, 0.1) is 13.8 Å². The van der Waals surface area contributed by atoms with Gasteiger partial charge in [-0.1, -0.05) is 47.2 Å². The molecule has 0 aliphatic rings. The zero-order valence-corrected chi connectivity index (χ0v) is 12.1. The molecule has 0 saturated carbocycles. The van der Waals surface area contributed by atoms with Crippen molar-refractivity contribution in [3.05, 3.63) is 53.6 Å². The summed E-state index contributed by atoms with van der Waals surface area (Å²) >= 11 is 1.68. The van der Waals surface area contributed by atoms with Crippen molar-refractivity contribution in [2.24, 2.45) is 0 Å². The Hall–Kier alpha value is -2.20. The molecular weight excluding hydrogens is 266 g/mol. The van der Waals surface area contributed by atoms with E-state index in [9.17, 15) is 0 Å². The summed E-state index contributed by atoms with van der Waals surface area (Å²) in [6.07, 6.45) is 0. The quantitative estimate of drug-likeness (QED) is 0.522. The van der Waals surface area contributed by atoms with Crippen LogP contribution in [0.4, 0.5) is 0 Å². The number of hydrogen-bond acceptors (Lipinski definition) is 3. The number of hydrogen-bond donors (Lipinski definition) is 0. The molecule has 0 fully saturated rings. The summed E-state index contributed by atoms with van der Waals surface area (Å²) in [5, 5.41) is 8.67. The summed E-state index contributed by atoms with van der Waals surface area (Å²) in [7, 11) is 0. The van der Waals surface area contributed by atoms with E-state index in [1.54, 1.807) is 11.3 Å². The molecule has 0 spiro atoms. The molecule has 0 aliphatic heterocycles. The van der Waals surface area contributed by atoms with Crippen molar-refractivity contribution in [2.45, 2.75) is 13.8 Å². The minimum Gasteiger partial charge on any atom is -0.265 e. The highest BCUT2D eigenvalue weighted by Gasteiger charge is 2.13. The molecule has 2 heterocycles. The van der Waals surface area contributed by atoms with E-state index < -0.39 is 0 Å². The molecule has 4 heteroatoms. The summed E-state index contributed by atoms with van der Waals surface area (Å²) in [4.78, 5) is 0.946. The lowest BCUT2D eigenvalue weighted by atomic mass is 10.1. The van der Waals surface area contributed by atoms with E-state index in [-0.39, 0.29) is 0 Å². The fraction of sp³-hybridized carbons (Fsp3) is 0.125. The standard InChI is InChI=1S/C16H13N3S/c1-10-3-6-12(7-4-10)15-17-18-16-19(15)13-9-11(2)5-8-14(13)20-16/h3-9H,1-2H3. The maximum atomic E-state index is 4.36. The molecular formula is C16H13N3S. The monoisotopic (exact) mass is 279 g/mol. The lowest BCUT2D eigenvalue weighted by Gasteiger charge is -2.00. The van der Waals surface area contributed by atoms with Crippen molar-refractivity contribution in [3.63, 3.8) is 0 Å². The van der Waals surface area contributed by atoms with Crippen LogP contribution in [-0.2, 0) is 0 Å². The third-order valence-corrected chi connectivity index (χ3v) is 4.51. The molecule has 3 nitrogen and oxygen atoms in total. The zero-order valence-electron chi connectivity index (χ0n) is 11.3. The number of nitrogens with zero attached hydrogens (tertiary/aromatic N) is 3. The number of fused-ring (bicyclic) bond motifs is 3. The Morgan fingerprint density at radius 2 is 1.65 bits per heavy atom. The van der Waals surface area contributed by atoms with E-state index in [4.69, 9.17) is 0 Å². The molecule has 0 N–H and O–H groups in total. The SMILES string of the molecule is Cc1ccc(-c2nnc3sc4ccc(C)cc4n23)cc1. The molecule has 2 aromatic heterocycles. The average Bonchev–Trinajstić information content (AvgIpc) is 2.99. The van der Waals surface area contributed by atoms with Crippen LogP contribution in [0.1, 0.15) is 11.1 Å². The van der Waals surface area contributed by atoms with Gasteiger partial charge < -0.3 is 0 Å². The topological polar surface area (TPSA) is 30.2 Å². The van der Waals surface area contributed by atoms with Crippen molar-refractivity contribution >= 4 is 26.5 Å². The average molecular weight is 279 g/mol. The van der Waals surface area contributed by atoms with Gasteiger partial charge in [-0.25, -0.2) is 0 Å². The lowest BCUT2D eigenvalue weighted by molar-refractivity contribution is 1.12. The molecule has 0 unspecified atom stereocenters. The van der Waals surface area contributed by atoms with Gasteiger partial charge in [0.05, 0.1) is 10.2 Å². The maximum absolute atomic E-state index is 4.36. The molecule has 0 bridgehead atoms. The molecule has 0 amide bonds. The van der Waals surface area contributed by atoms with Gasteiger partial charge in [-0.05, 0) is 31.5 Å². The maximum Gasteiger partial charge on any atom is 0.217 e. The first-order valence-corrected chi connectivity index (χ1v) is 7.35. The number of aryl methyl sites for hydroxylation is 2. The highest BCUT2D eigenvalue weighted by atomic mass is 32.1. The summed E-state index contributed by atoms with van der Waals surface area (Å²) in [5.74, 6) is 0.914. The van der Waals surface area contributed by atoms with Crippen LogP contribution in [0.5, 0.6) is 0 Å². The Kier molecular flexibility index (Phi) is 2.41. The van der Waals surface area contributed by atoms with Crippen molar-refractivity contribution in [3.8, 4) is 11.4 Å². The molecule has 20 heavy (non-hydrogen) atoms. The van der Waals surface area contributed by atoms with Crippen LogP contribution < -0.4 is 0 Å². The van der Waals surface area contributed by atoms with Crippen molar-refractivity contribution < 1.29 is 0 Å². The molecule has 0 radical (unpaired) electrons. The van der Waals surface area contributed by atoms with Gasteiger partial charge in [-0.2, -0.15) is 0 Å². The summed E-state index contributed by atoms with van der Waals surface area (Å²) < 4.78 is 3.39. The second-order valence-corrected chi connectivity index (χ2v) is 6.09. The van der Waals surface area contributed by atoms with Crippen LogP contribution in [0.15, 0.2) is 42.5 Å². The van der Waals surface area contributed by atoms with Crippen LogP contribution in [0.25, 0.3) is 26.6 Å². The van der Waals surface area contributed by atoms with Crippen LogP contribution in [0.3, 0.4) is 0 Å². The predicted molar refractivity (Wildman–Crippen MR) is 83.3 cm³/mol. The fourth-order valence-corrected chi connectivity index (χ4v) is 3.37. The fourth-order valence-electron chi connectivity index (χ4n) is 2.43. The molecule has 98 valence electrons. The second kappa shape index (κ2) is 4.15. The van der Waals surface area contributed by atoms with E-state index in [2.05, 4.69) is 70.9 Å². The van der Waals surface area contributed by atoms with Gasteiger partial charge in [0.1, 0.15) is 0 Å². The Morgan fingerprint density at radius 1 is 0.900 bits per heavy atom. The lowest BCUT2D eigenvalue weighted by Crippen LogP contribution is -1.88. The highest BCUT2D eigenvalue weighted by molar-refractivity contribution is 7.23. The van der Waals surface area contributed by atoms with Crippen LogP contribution in [-0.4, -0.2) is 14.6 Å². The molecule has 0 aliphatic carbocycles. The molecule has 4 rings (SSSR count). The Balaban J connectivity index is 2.06. The number of aromatic nitrogens is 3. The first kappa shape index (κ1) is 11.6. The highest BCUT2D eigenvalue weighted by Crippen LogP contribution is 2.30. The molecule has 2 aromatic carbocycles. The largest absolute Gasteiger partial charge is 0.265 e. The second-order valence-electron chi connectivity index (χ2n) is 5.08. The Bertz CT molecular complexity index is 916. The number of rotatable bonds is 1. The van der Waals surface area contributed by atoms with Gasteiger partial charge in [0.25, 0.3) is 0 Å². The Morgan fingerprint density at radius 3 is 2.45 bits per heavy atom. The summed E-state index contributed by atoms with van der Waals surface area (Å²) in [5.41, 5.74) is 4.79. The predicted octanol–water partition coefficient (Wildman–Crippen LogP) is 4.23. The third-order valence-electron chi connectivity index (χ3n) is 3.50. The van der Waals surface area contributed by atoms with E-state index in [1.165, 1.54) is 21.3 Å². The smallest absolute Gasteiger partial charge is 0.217 e. The van der Waals surface area contributed by atoms with E-state index in [0.29, 0.717) is 0 Å². The summed E-state index contributed by atoms with van der Waals surface area (Å²) in [6.45, 7) is 4.20. The van der Waals surface area contributed by atoms with Gasteiger partial charge in [0.2, 0.25) is 4.96 Å². The van der Waals surface area contributed by atoms with Gasteiger partial charge in [0, 0.05) is 5.56 Å². The molecule has 4 aromatic rings. The first-order chi connectivity index (χ1) is 9.72. The zero-order chi connectivity index (χ0) is 13.7. The van der Waals surface area contributed by atoms with Gasteiger partial charge >= 0.3 is 0 Å². The van der Waals surface area contributed by atoms with E-state index >= 15 is 0 Å². The van der Waals surface area contributed by atoms with Crippen LogP contribution in [0.2, 0.25) is 0 Å². The minimum absolute atomic E-state index is 0.914. The van der Waals surface area contributed by atoms with Crippen molar-refractivity contribution in [1.29, 1.82) is 0 Å². The minimum atomic E-state index is 0.914. The molecule has 0 saturated heterocycles. The summed E-state index contributed by atoms with van der Waals surface area (Å²) in [6, 6.07) is 14.9. The number of thiazole rings is 1. The van der Waals surface area contributed by atoms with E-state index in [0.717, 1.165) is 16.3 Å². The number of benzene rings is 2. The van der Waals surface area contributed by atoms with Crippen molar-refractivity contribution in [2.75, 3.05) is 0 Å². The van der Waals surface area contributed by atoms with E-state index in [1.807, 2.05) is 0 Å². The first-order valence-electron chi connectivity index (χ1n) is 6.54. The van der Waals surface area contributed by atoms with Crippen molar-refractivity contribution in [1.82, 2.24) is 14.6 Å². The van der Waals surface area contributed by atoms with Crippen LogP contribution >= 0.6 is 11.3 Å². The normalized spacial score (nSPS) is 11.5. The van der Waals surface area contributed by atoms with Gasteiger partial charge in [-0.3, -0.25) is 4.40 Å². The van der Waals surface area contributed by atoms with Gasteiger partial charge in [-0.15, -0.1) is 10.2 Å².